The Morgan fingerprint density at radius 1 is 1.42 bits per heavy atom. The first-order valence-electron chi connectivity index (χ1n) is 8.24. The van der Waals surface area contributed by atoms with Crippen LogP contribution in [0.15, 0.2) is 29.8 Å². The van der Waals surface area contributed by atoms with E-state index in [-0.39, 0.29) is 11.9 Å². The average Bonchev–Trinajstić information content (AvgIpc) is 3.17. The largest absolute Gasteiger partial charge is 0.377 e. The van der Waals surface area contributed by atoms with Crippen LogP contribution in [-0.4, -0.2) is 53.6 Å². The first kappa shape index (κ1) is 16.9. The van der Waals surface area contributed by atoms with Crippen LogP contribution in [0.5, 0.6) is 0 Å². The van der Waals surface area contributed by atoms with E-state index in [0.29, 0.717) is 25.6 Å². The number of hydrogen-bond acceptors (Lipinski definition) is 6. The van der Waals surface area contributed by atoms with E-state index in [2.05, 4.69) is 23.7 Å². The summed E-state index contributed by atoms with van der Waals surface area (Å²) in [5.41, 5.74) is 0. The summed E-state index contributed by atoms with van der Waals surface area (Å²) in [6.07, 6.45) is 1.76. The Labute approximate surface area is 146 Å². The van der Waals surface area contributed by atoms with E-state index in [4.69, 9.17) is 9.72 Å². The molecule has 1 aliphatic rings. The van der Waals surface area contributed by atoms with Crippen LogP contribution in [0.4, 0.5) is 5.82 Å². The minimum Gasteiger partial charge on any atom is -0.377 e. The van der Waals surface area contributed by atoms with Crippen molar-refractivity contribution in [2.75, 3.05) is 37.7 Å². The number of morpholine rings is 1. The molecule has 0 spiro atoms. The summed E-state index contributed by atoms with van der Waals surface area (Å²) in [5, 5.41) is 1.92. The second-order valence-corrected chi connectivity index (χ2v) is 6.46. The zero-order chi connectivity index (χ0) is 16.9. The molecule has 128 valence electrons. The summed E-state index contributed by atoms with van der Waals surface area (Å²) < 4.78 is 5.60. The molecule has 0 N–H and O–H groups in total. The van der Waals surface area contributed by atoms with Crippen molar-refractivity contribution in [3.8, 4) is 0 Å². The van der Waals surface area contributed by atoms with Gasteiger partial charge in [0.15, 0.2) is 5.82 Å². The summed E-state index contributed by atoms with van der Waals surface area (Å²) in [5.74, 6) is 1.55. The van der Waals surface area contributed by atoms with Crippen LogP contribution in [0.2, 0.25) is 0 Å². The summed E-state index contributed by atoms with van der Waals surface area (Å²) in [7, 11) is 0. The van der Waals surface area contributed by atoms with Crippen molar-refractivity contribution < 1.29 is 9.53 Å². The molecule has 0 saturated carbocycles. The van der Waals surface area contributed by atoms with E-state index in [1.54, 1.807) is 6.20 Å². The molecule has 1 fully saturated rings. The Kier molecular flexibility index (Phi) is 5.42. The summed E-state index contributed by atoms with van der Waals surface area (Å²) in [4.78, 5) is 26.6. The van der Waals surface area contributed by atoms with Gasteiger partial charge in [0.2, 0.25) is 0 Å². The van der Waals surface area contributed by atoms with Crippen LogP contribution in [0.25, 0.3) is 0 Å². The minimum atomic E-state index is -0.246. The summed E-state index contributed by atoms with van der Waals surface area (Å²) in [6, 6.07) is 5.41. The molecule has 2 aromatic rings. The lowest BCUT2D eigenvalue weighted by molar-refractivity contribution is -0.00494. The second-order valence-electron chi connectivity index (χ2n) is 5.51. The molecule has 1 aliphatic heterocycles. The Morgan fingerprint density at radius 2 is 2.25 bits per heavy atom. The van der Waals surface area contributed by atoms with Gasteiger partial charge in [-0.25, -0.2) is 9.97 Å². The molecule has 0 aliphatic carbocycles. The van der Waals surface area contributed by atoms with E-state index < -0.39 is 0 Å². The molecule has 0 aromatic carbocycles. The average molecular weight is 346 g/mol. The topological polar surface area (TPSA) is 58.6 Å². The quantitative estimate of drug-likeness (QED) is 0.833. The van der Waals surface area contributed by atoms with Gasteiger partial charge in [0.1, 0.15) is 11.9 Å². The summed E-state index contributed by atoms with van der Waals surface area (Å²) >= 11 is 1.46. The van der Waals surface area contributed by atoms with Gasteiger partial charge >= 0.3 is 0 Å². The van der Waals surface area contributed by atoms with Gasteiger partial charge in [0.05, 0.1) is 18.1 Å². The number of hydrogen-bond donors (Lipinski definition) is 0. The van der Waals surface area contributed by atoms with Gasteiger partial charge in [-0.05, 0) is 31.4 Å². The summed E-state index contributed by atoms with van der Waals surface area (Å²) in [6.45, 7) is 7.49. The van der Waals surface area contributed by atoms with E-state index >= 15 is 0 Å². The molecule has 3 heterocycles. The van der Waals surface area contributed by atoms with Gasteiger partial charge in [-0.1, -0.05) is 6.07 Å². The number of anilines is 1. The molecule has 1 amide bonds. The molecule has 0 bridgehead atoms. The first-order chi connectivity index (χ1) is 11.7. The van der Waals surface area contributed by atoms with E-state index in [1.165, 1.54) is 11.3 Å². The highest BCUT2D eigenvalue weighted by atomic mass is 32.1. The number of aromatic nitrogens is 2. The fourth-order valence-corrected chi connectivity index (χ4v) is 3.53. The highest BCUT2D eigenvalue weighted by molar-refractivity contribution is 7.12. The normalized spacial score (nSPS) is 17.8. The number of carbonyl (C=O) groups excluding carboxylic acids is 1. The van der Waals surface area contributed by atoms with Gasteiger partial charge in [-0.15, -0.1) is 11.3 Å². The highest BCUT2D eigenvalue weighted by Crippen LogP contribution is 2.26. The number of ether oxygens (including phenoxy) is 1. The Balaban J connectivity index is 1.88. The molecule has 1 unspecified atom stereocenters. The number of nitrogens with zero attached hydrogens (tertiary/aromatic N) is 4. The molecular formula is C17H22N4O2S. The van der Waals surface area contributed by atoms with Crippen LogP contribution < -0.4 is 4.90 Å². The first-order valence-corrected chi connectivity index (χ1v) is 9.12. The van der Waals surface area contributed by atoms with E-state index in [0.717, 1.165) is 23.8 Å². The molecule has 2 aromatic heterocycles. The SMILES string of the molecule is CCN(CC)c1ccnc(C2COCCN2C(=O)c2cccs2)n1. The lowest BCUT2D eigenvalue weighted by Crippen LogP contribution is -2.44. The van der Waals surface area contributed by atoms with Crippen molar-refractivity contribution in [2.24, 2.45) is 0 Å². The molecule has 7 heteroatoms. The molecule has 3 rings (SSSR count). The molecule has 1 saturated heterocycles. The Morgan fingerprint density at radius 3 is 2.96 bits per heavy atom. The molecule has 24 heavy (non-hydrogen) atoms. The molecule has 6 nitrogen and oxygen atoms in total. The van der Waals surface area contributed by atoms with Gasteiger partial charge in [-0.2, -0.15) is 0 Å². The third-order valence-electron chi connectivity index (χ3n) is 4.17. The van der Waals surface area contributed by atoms with Crippen LogP contribution >= 0.6 is 11.3 Å². The van der Waals surface area contributed by atoms with Gasteiger partial charge in [-0.3, -0.25) is 4.79 Å². The maximum absolute atomic E-state index is 12.8. The second kappa shape index (κ2) is 7.72. The lowest BCUT2D eigenvalue weighted by Gasteiger charge is -2.34. The van der Waals surface area contributed by atoms with Crippen LogP contribution in [0.3, 0.4) is 0 Å². The highest BCUT2D eigenvalue weighted by Gasteiger charge is 2.32. The zero-order valence-electron chi connectivity index (χ0n) is 14.0. The Hall–Kier alpha value is -1.99. The van der Waals surface area contributed by atoms with Gasteiger partial charge < -0.3 is 14.5 Å². The predicted molar refractivity (Wildman–Crippen MR) is 94.5 cm³/mol. The Bertz CT molecular complexity index is 673. The third-order valence-corrected chi connectivity index (χ3v) is 5.02. The van der Waals surface area contributed by atoms with Crippen molar-refractivity contribution in [3.05, 3.63) is 40.5 Å². The molecule has 1 atom stereocenters. The van der Waals surface area contributed by atoms with Gasteiger partial charge in [0.25, 0.3) is 5.91 Å². The maximum atomic E-state index is 12.8. The third kappa shape index (κ3) is 3.42. The minimum absolute atomic E-state index is 0.0233. The van der Waals surface area contributed by atoms with E-state index in [9.17, 15) is 4.79 Å². The maximum Gasteiger partial charge on any atom is 0.264 e. The van der Waals surface area contributed by atoms with Crippen LogP contribution in [-0.2, 0) is 4.74 Å². The molecular weight excluding hydrogens is 324 g/mol. The monoisotopic (exact) mass is 346 g/mol. The van der Waals surface area contributed by atoms with Crippen molar-refractivity contribution in [1.29, 1.82) is 0 Å². The zero-order valence-corrected chi connectivity index (χ0v) is 14.8. The van der Waals surface area contributed by atoms with Crippen LogP contribution in [0.1, 0.15) is 35.4 Å². The fourth-order valence-electron chi connectivity index (χ4n) is 2.85. The smallest absolute Gasteiger partial charge is 0.264 e. The van der Waals surface area contributed by atoms with Crippen molar-refractivity contribution in [1.82, 2.24) is 14.9 Å². The van der Waals surface area contributed by atoms with Gasteiger partial charge in [0, 0.05) is 25.8 Å². The van der Waals surface area contributed by atoms with E-state index in [1.807, 2.05) is 28.5 Å². The fraction of sp³-hybridized carbons (Fsp3) is 0.471. The number of rotatable bonds is 5. The molecule has 0 radical (unpaired) electrons. The van der Waals surface area contributed by atoms with Crippen molar-refractivity contribution >= 4 is 23.1 Å². The standard InChI is InChI=1S/C17H22N4O2S/c1-3-20(4-2)15-7-8-18-16(19-15)13-12-23-10-9-21(13)17(22)14-6-5-11-24-14/h5-8,11,13H,3-4,9-10,12H2,1-2H3. The lowest BCUT2D eigenvalue weighted by atomic mass is 10.2. The van der Waals surface area contributed by atoms with Crippen LogP contribution in [0, 0.1) is 0 Å². The number of carbonyl (C=O) groups is 1. The number of amides is 1. The predicted octanol–water partition coefficient (Wildman–Crippen LogP) is 2.60. The van der Waals surface area contributed by atoms with Crippen molar-refractivity contribution in [3.63, 3.8) is 0 Å². The van der Waals surface area contributed by atoms with Crippen molar-refractivity contribution in [2.45, 2.75) is 19.9 Å². The number of thiophene rings is 1.